The van der Waals surface area contributed by atoms with Crippen LogP contribution in [-0.4, -0.2) is 36.0 Å². The molecule has 2 aliphatic carbocycles. The van der Waals surface area contributed by atoms with Gasteiger partial charge in [-0.05, 0) is 62.3 Å². The molecule has 2 atom stereocenters. The van der Waals surface area contributed by atoms with Crippen molar-refractivity contribution >= 4 is 12.1 Å². The van der Waals surface area contributed by atoms with E-state index < -0.39 is 29.4 Å². The lowest BCUT2D eigenvalue weighted by Crippen LogP contribution is -2.60. The van der Waals surface area contributed by atoms with Crippen LogP contribution in [0.3, 0.4) is 0 Å². The molecular formula is C27H36FNO4. The largest absolute Gasteiger partial charge is 0.449 e. The maximum atomic E-state index is 14.2. The van der Waals surface area contributed by atoms with Crippen molar-refractivity contribution in [3.63, 3.8) is 0 Å². The number of ether oxygens (including phenoxy) is 2. The number of benzene rings is 2. The van der Waals surface area contributed by atoms with Gasteiger partial charge in [0.05, 0.1) is 11.7 Å². The molecule has 0 spiro atoms. The topological polar surface area (TPSA) is 64.6 Å². The highest BCUT2D eigenvalue weighted by molar-refractivity contribution is 5.86. The molecule has 1 fully saturated rings. The van der Waals surface area contributed by atoms with Crippen LogP contribution in [0.15, 0.2) is 48.5 Å². The maximum absolute atomic E-state index is 14.2. The van der Waals surface area contributed by atoms with Crippen LogP contribution in [0.2, 0.25) is 0 Å². The first-order valence-electron chi connectivity index (χ1n) is 10.7. The van der Waals surface area contributed by atoms with Crippen LogP contribution in [0.1, 0.15) is 71.9 Å². The van der Waals surface area contributed by atoms with Gasteiger partial charge in [-0.2, -0.15) is 4.39 Å². The molecule has 2 aromatic rings. The predicted molar refractivity (Wildman–Crippen MR) is 129 cm³/mol. The summed E-state index contributed by atoms with van der Waals surface area (Å²) in [6.07, 6.45) is -0.271. The lowest BCUT2D eigenvalue weighted by molar-refractivity contribution is -0.148. The van der Waals surface area contributed by atoms with Crippen LogP contribution < -0.4 is 5.32 Å². The Morgan fingerprint density at radius 3 is 2.09 bits per heavy atom. The van der Waals surface area contributed by atoms with Crippen molar-refractivity contribution in [3.8, 4) is 11.1 Å². The number of amides is 1. The smallest absolute Gasteiger partial charge is 0.408 e. The highest BCUT2D eigenvalue weighted by Gasteiger charge is 2.53. The zero-order valence-electron chi connectivity index (χ0n) is 18.1. The first kappa shape index (κ1) is 26.5. The Labute approximate surface area is 196 Å². The number of alkyl carbamates (subject to hydrolysis) is 1. The van der Waals surface area contributed by atoms with Crippen molar-refractivity contribution in [3.05, 3.63) is 59.7 Å². The SMILES string of the molecule is C.C.CC(C)(C)O[C@@H]1CCC[C@]1(NC(=O)OCC1c2ccccc2-c2ccccc21)C(=O)F. The third-order valence-electron chi connectivity index (χ3n) is 6.10. The minimum absolute atomic E-state index is 0. The van der Waals surface area contributed by atoms with E-state index in [0.717, 1.165) is 22.3 Å². The summed E-state index contributed by atoms with van der Waals surface area (Å²) in [5, 5.41) is 2.53. The zero-order chi connectivity index (χ0) is 22.2. The molecule has 0 radical (unpaired) electrons. The summed E-state index contributed by atoms with van der Waals surface area (Å²) in [6, 6.07) is 14.5. The van der Waals surface area contributed by atoms with Gasteiger partial charge in [0.1, 0.15) is 6.61 Å². The summed E-state index contributed by atoms with van der Waals surface area (Å²) >= 11 is 0. The third-order valence-corrected chi connectivity index (χ3v) is 6.10. The molecule has 1 amide bonds. The van der Waals surface area contributed by atoms with Gasteiger partial charge in [0, 0.05) is 5.92 Å². The van der Waals surface area contributed by atoms with E-state index >= 15 is 0 Å². The summed E-state index contributed by atoms with van der Waals surface area (Å²) in [5.41, 5.74) is 2.15. The molecule has 4 rings (SSSR count). The Hall–Kier alpha value is -2.73. The number of fused-ring (bicyclic) bond motifs is 3. The Kier molecular flexibility index (Phi) is 8.07. The van der Waals surface area contributed by atoms with Crippen LogP contribution >= 0.6 is 0 Å². The lowest BCUT2D eigenvalue weighted by atomic mass is 9.95. The number of hydrogen-bond acceptors (Lipinski definition) is 4. The third kappa shape index (κ3) is 5.11. The van der Waals surface area contributed by atoms with Crippen LogP contribution in [0.25, 0.3) is 11.1 Å². The van der Waals surface area contributed by atoms with E-state index in [-0.39, 0.29) is 33.8 Å². The molecule has 0 bridgehead atoms. The van der Waals surface area contributed by atoms with E-state index in [2.05, 4.69) is 17.4 Å². The highest BCUT2D eigenvalue weighted by atomic mass is 19.1. The summed E-state index contributed by atoms with van der Waals surface area (Å²) in [4.78, 5) is 24.7. The van der Waals surface area contributed by atoms with Gasteiger partial charge in [-0.25, -0.2) is 4.79 Å². The minimum atomic E-state index is -1.70. The standard InChI is InChI=1S/C25H28FNO4.2CH4/c1-24(2,3)31-21-13-8-14-25(21,22(26)28)27-23(29)30-15-20-18-11-6-4-9-16(18)17-10-5-7-12-19(17)20;;/h4-7,9-12,20-21H,8,13-15H2,1-3H3,(H,27,29);2*1H4/t21-,25-;;/m1../s1. The molecule has 180 valence electrons. The van der Waals surface area contributed by atoms with E-state index in [0.29, 0.717) is 12.8 Å². The highest BCUT2D eigenvalue weighted by Crippen LogP contribution is 2.44. The van der Waals surface area contributed by atoms with Crippen molar-refractivity contribution in [2.24, 2.45) is 0 Å². The fourth-order valence-corrected chi connectivity index (χ4v) is 4.79. The molecule has 0 unspecified atom stereocenters. The van der Waals surface area contributed by atoms with Gasteiger partial charge < -0.3 is 14.8 Å². The fraction of sp³-hybridized carbons (Fsp3) is 0.481. The number of hydrogen-bond donors (Lipinski definition) is 1. The van der Waals surface area contributed by atoms with Crippen LogP contribution in [-0.2, 0) is 14.3 Å². The van der Waals surface area contributed by atoms with E-state index in [1.165, 1.54) is 0 Å². The first-order valence-corrected chi connectivity index (χ1v) is 10.7. The lowest BCUT2D eigenvalue weighted by Gasteiger charge is -2.35. The molecular weight excluding hydrogens is 421 g/mol. The second-order valence-corrected chi connectivity index (χ2v) is 9.31. The van der Waals surface area contributed by atoms with Crippen molar-refractivity contribution < 1.29 is 23.5 Å². The molecule has 0 aromatic heterocycles. The van der Waals surface area contributed by atoms with Gasteiger partial charge >= 0.3 is 12.1 Å². The van der Waals surface area contributed by atoms with Crippen LogP contribution in [0, 0.1) is 0 Å². The quantitative estimate of drug-likeness (QED) is 0.528. The molecule has 1 saturated carbocycles. The monoisotopic (exact) mass is 457 g/mol. The zero-order valence-corrected chi connectivity index (χ0v) is 18.1. The van der Waals surface area contributed by atoms with E-state index in [1.54, 1.807) is 0 Å². The number of carbonyl (C=O) groups excluding carboxylic acids is 2. The minimum Gasteiger partial charge on any atom is -0.449 e. The molecule has 0 saturated heterocycles. The Balaban J connectivity index is 0.00000193. The average Bonchev–Trinajstić information content (AvgIpc) is 3.25. The van der Waals surface area contributed by atoms with Crippen molar-refractivity contribution in [2.45, 2.75) is 78.0 Å². The number of carbonyl (C=O) groups is 2. The van der Waals surface area contributed by atoms with Crippen LogP contribution in [0.4, 0.5) is 9.18 Å². The fourth-order valence-electron chi connectivity index (χ4n) is 4.79. The van der Waals surface area contributed by atoms with E-state index in [1.807, 2.05) is 57.2 Å². The van der Waals surface area contributed by atoms with Gasteiger partial charge in [0.2, 0.25) is 0 Å². The Morgan fingerprint density at radius 1 is 1.03 bits per heavy atom. The molecule has 0 aliphatic heterocycles. The molecule has 33 heavy (non-hydrogen) atoms. The molecule has 6 heteroatoms. The second-order valence-electron chi connectivity index (χ2n) is 9.31. The molecule has 1 N–H and O–H groups in total. The van der Waals surface area contributed by atoms with Crippen molar-refractivity contribution in [2.75, 3.05) is 6.61 Å². The van der Waals surface area contributed by atoms with Gasteiger partial charge in [-0.15, -0.1) is 0 Å². The summed E-state index contributed by atoms with van der Waals surface area (Å²) < 4.78 is 25.6. The summed E-state index contributed by atoms with van der Waals surface area (Å²) in [6.45, 7) is 5.62. The maximum Gasteiger partial charge on any atom is 0.408 e. The normalized spacial score (nSPS) is 21.3. The van der Waals surface area contributed by atoms with Gasteiger partial charge in [-0.3, -0.25) is 4.79 Å². The van der Waals surface area contributed by atoms with Crippen molar-refractivity contribution in [1.29, 1.82) is 0 Å². The Bertz CT molecular complexity index is 954. The van der Waals surface area contributed by atoms with Crippen LogP contribution in [0.5, 0.6) is 0 Å². The first-order chi connectivity index (χ1) is 14.7. The average molecular weight is 458 g/mol. The van der Waals surface area contributed by atoms with Crippen molar-refractivity contribution in [1.82, 2.24) is 5.32 Å². The molecule has 0 heterocycles. The van der Waals surface area contributed by atoms with Gasteiger partial charge in [0.15, 0.2) is 5.54 Å². The summed E-state index contributed by atoms with van der Waals surface area (Å²) in [5.74, 6) is -0.111. The Morgan fingerprint density at radius 2 is 1.58 bits per heavy atom. The summed E-state index contributed by atoms with van der Waals surface area (Å²) in [7, 11) is 0. The second kappa shape index (κ2) is 10.0. The number of nitrogens with one attached hydrogen (secondary N) is 1. The molecule has 5 nitrogen and oxygen atoms in total. The van der Waals surface area contributed by atoms with Gasteiger partial charge in [-0.1, -0.05) is 63.4 Å². The van der Waals surface area contributed by atoms with E-state index in [4.69, 9.17) is 9.47 Å². The molecule has 2 aliphatic rings. The van der Waals surface area contributed by atoms with Gasteiger partial charge in [0.25, 0.3) is 0 Å². The van der Waals surface area contributed by atoms with E-state index in [9.17, 15) is 14.0 Å². The molecule has 2 aromatic carbocycles. The number of rotatable bonds is 5. The predicted octanol–water partition coefficient (Wildman–Crippen LogP) is 6.40. The number of halogens is 1.